The summed E-state index contributed by atoms with van der Waals surface area (Å²) in [6.07, 6.45) is 0.145. The lowest BCUT2D eigenvalue weighted by molar-refractivity contribution is 0.552. The third-order valence-corrected chi connectivity index (χ3v) is 3.67. The molecule has 0 aromatic heterocycles. The molecule has 0 radical (unpaired) electrons. The second-order valence-electron chi connectivity index (χ2n) is 4.68. The Morgan fingerprint density at radius 2 is 1.42 bits per heavy atom. The summed E-state index contributed by atoms with van der Waals surface area (Å²) in [6, 6.07) is 9.72. The van der Waals surface area contributed by atoms with Crippen LogP contribution < -0.4 is 0 Å². The van der Waals surface area contributed by atoms with E-state index < -0.39 is 17.0 Å². The molecule has 19 heavy (non-hydrogen) atoms. The van der Waals surface area contributed by atoms with Crippen LogP contribution in [0.3, 0.4) is 0 Å². The molecular weight excluding hydrogens is 266 g/mol. The first-order valence-corrected chi connectivity index (χ1v) is 6.57. The van der Waals surface area contributed by atoms with Gasteiger partial charge in [0.25, 0.3) is 0 Å². The Bertz CT molecular complexity index is 553. The third kappa shape index (κ3) is 2.95. The van der Waals surface area contributed by atoms with Crippen LogP contribution in [-0.2, 0) is 6.42 Å². The summed E-state index contributed by atoms with van der Waals surface area (Å²) >= 11 is 6.36. The van der Waals surface area contributed by atoms with Gasteiger partial charge in [-0.1, -0.05) is 24.3 Å². The molecule has 1 atom stereocenters. The molecular formula is C16H15ClF2. The molecule has 0 aliphatic rings. The molecule has 0 aliphatic heterocycles. The Morgan fingerprint density at radius 3 is 1.95 bits per heavy atom. The minimum Gasteiger partial charge on any atom is -0.207 e. The first-order valence-electron chi connectivity index (χ1n) is 6.13. The van der Waals surface area contributed by atoms with Gasteiger partial charge in [0.15, 0.2) is 0 Å². The molecule has 100 valence electrons. The van der Waals surface area contributed by atoms with E-state index in [0.717, 1.165) is 16.7 Å². The van der Waals surface area contributed by atoms with Crippen molar-refractivity contribution in [1.82, 2.24) is 0 Å². The Morgan fingerprint density at radius 1 is 0.947 bits per heavy atom. The Labute approximate surface area is 117 Å². The molecule has 2 aromatic carbocycles. The van der Waals surface area contributed by atoms with Crippen molar-refractivity contribution in [2.45, 2.75) is 25.6 Å². The normalized spacial score (nSPS) is 12.5. The monoisotopic (exact) mass is 280 g/mol. The summed E-state index contributed by atoms with van der Waals surface area (Å²) in [5.74, 6) is -1.09. The van der Waals surface area contributed by atoms with E-state index >= 15 is 0 Å². The Hall–Kier alpha value is -1.41. The van der Waals surface area contributed by atoms with Crippen LogP contribution in [0.15, 0.2) is 36.4 Å². The Balaban J connectivity index is 2.34. The number of benzene rings is 2. The van der Waals surface area contributed by atoms with Crippen molar-refractivity contribution in [2.75, 3.05) is 0 Å². The van der Waals surface area contributed by atoms with Crippen molar-refractivity contribution < 1.29 is 8.78 Å². The highest BCUT2D eigenvalue weighted by Crippen LogP contribution is 2.31. The molecule has 0 N–H and O–H groups in total. The van der Waals surface area contributed by atoms with Crippen molar-refractivity contribution in [3.8, 4) is 0 Å². The van der Waals surface area contributed by atoms with Crippen molar-refractivity contribution in [1.29, 1.82) is 0 Å². The van der Waals surface area contributed by atoms with Crippen LogP contribution >= 0.6 is 11.6 Å². The van der Waals surface area contributed by atoms with Crippen molar-refractivity contribution >= 4 is 11.6 Å². The van der Waals surface area contributed by atoms with E-state index in [2.05, 4.69) is 0 Å². The van der Waals surface area contributed by atoms with Gasteiger partial charge in [-0.2, -0.15) is 0 Å². The molecule has 0 bridgehead atoms. The van der Waals surface area contributed by atoms with Gasteiger partial charge in [0, 0.05) is 5.56 Å². The van der Waals surface area contributed by atoms with E-state index in [9.17, 15) is 8.78 Å². The SMILES string of the molecule is Cc1cccc(C)c1C(Cl)Cc1c(F)cccc1F. The minimum atomic E-state index is -0.545. The number of alkyl halides is 1. The molecule has 0 heterocycles. The summed E-state index contributed by atoms with van der Waals surface area (Å²) in [5, 5.41) is -0.437. The van der Waals surface area contributed by atoms with Crippen molar-refractivity contribution in [3.63, 3.8) is 0 Å². The van der Waals surface area contributed by atoms with Crippen LogP contribution in [0, 0.1) is 25.5 Å². The standard InChI is InChI=1S/C16H15ClF2/c1-10-5-3-6-11(2)16(10)13(17)9-12-14(18)7-4-8-15(12)19/h3-8,13H,9H2,1-2H3. The van der Waals surface area contributed by atoms with Gasteiger partial charge in [-0.3, -0.25) is 0 Å². The topological polar surface area (TPSA) is 0 Å². The quantitative estimate of drug-likeness (QED) is 0.686. The van der Waals surface area contributed by atoms with Crippen LogP contribution in [0.4, 0.5) is 8.78 Å². The highest BCUT2D eigenvalue weighted by molar-refractivity contribution is 6.21. The number of aryl methyl sites for hydroxylation is 2. The van der Waals surface area contributed by atoms with Gasteiger partial charge < -0.3 is 0 Å². The molecule has 2 aromatic rings. The lowest BCUT2D eigenvalue weighted by Gasteiger charge is -2.16. The molecule has 1 unspecified atom stereocenters. The number of rotatable bonds is 3. The van der Waals surface area contributed by atoms with Gasteiger partial charge in [-0.05, 0) is 49.1 Å². The lowest BCUT2D eigenvalue weighted by Crippen LogP contribution is -2.04. The zero-order valence-electron chi connectivity index (χ0n) is 10.9. The third-order valence-electron chi connectivity index (χ3n) is 3.30. The largest absolute Gasteiger partial charge is 0.207 e. The second kappa shape index (κ2) is 5.70. The Kier molecular flexibility index (Phi) is 4.20. The highest BCUT2D eigenvalue weighted by atomic mass is 35.5. The molecule has 2 rings (SSSR count). The zero-order chi connectivity index (χ0) is 14.0. The van der Waals surface area contributed by atoms with Crippen LogP contribution in [0.2, 0.25) is 0 Å². The zero-order valence-corrected chi connectivity index (χ0v) is 11.6. The maximum atomic E-state index is 13.6. The predicted molar refractivity (Wildman–Crippen MR) is 74.6 cm³/mol. The van der Waals surface area contributed by atoms with E-state index in [1.54, 1.807) is 0 Å². The summed E-state index contributed by atoms with van der Waals surface area (Å²) in [5.41, 5.74) is 3.07. The first kappa shape index (κ1) is 14.0. The number of halogens is 3. The van der Waals surface area contributed by atoms with Crippen LogP contribution in [0.1, 0.15) is 27.6 Å². The number of hydrogen-bond donors (Lipinski definition) is 0. The fourth-order valence-corrected chi connectivity index (χ4v) is 2.83. The molecule has 0 saturated carbocycles. The van der Waals surface area contributed by atoms with Crippen LogP contribution in [0.25, 0.3) is 0 Å². The van der Waals surface area contributed by atoms with Gasteiger partial charge in [0.2, 0.25) is 0 Å². The summed E-state index contributed by atoms with van der Waals surface area (Å²) in [4.78, 5) is 0. The molecule has 0 nitrogen and oxygen atoms in total. The van der Waals surface area contributed by atoms with E-state index in [1.165, 1.54) is 18.2 Å². The smallest absolute Gasteiger partial charge is 0.129 e. The van der Waals surface area contributed by atoms with E-state index in [4.69, 9.17) is 11.6 Å². The summed E-state index contributed by atoms with van der Waals surface area (Å²) in [6.45, 7) is 3.91. The van der Waals surface area contributed by atoms with Gasteiger partial charge in [-0.25, -0.2) is 8.78 Å². The van der Waals surface area contributed by atoms with Gasteiger partial charge >= 0.3 is 0 Å². The minimum absolute atomic E-state index is 0.0464. The van der Waals surface area contributed by atoms with Crippen molar-refractivity contribution in [2.24, 2.45) is 0 Å². The van der Waals surface area contributed by atoms with E-state index in [0.29, 0.717) is 0 Å². The van der Waals surface area contributed by atoms with Gasteiger partial charge in [-0.15, -0.1) is 11.6 Å². The van der Waals surface area contributed by atoms with Gasteiger partial charge in [0.05, 0.1) is 5.38 Å². The molecule has 0 amide bonds. The fourth-order valence-electron chi connectivity index (χ4n) is 2.33. The van der Waals surface area contributed by atoms with Crippen LogP contribution in [-0.4, -0.2) is 0 Å². The first-order chi connectivity index (χ1) is 9.00. The van der Waals surface area contributed by atoms with E-state index in [1.807, 2.05) is 32.0 Å². The lowest BCUT2D eigenvalue weighted by atomic mass is 9.95. The van der Waals surface area contributed by atoms with Crippen LogP contribution in [0.5, 0.6) is 0 Å². The summed E-state index contributed by atoms with van der Waals surface area (Å²) in [7, 11) is 0. The molecule has 0 fully saturated rings. The maximum absolute atomic E-state index is 13.6. The fraction of sp³-hybridized carbons (Fsp3) is 0.250. The number of hydrogen-bond acceptors (Lipinski definition) is 0. The highest BCUT2D eigenvalue weighted by Gasteiger charge is 2.18. The average molecular weight is 281 g/mol. The maximum Gasteiger partial charge on any atom is 0.129 e. The molecule has 3 heteroatoms. The van der Waals surface area contributed by atoms with Crippen molar-refractivity contribution in [3.05, 3.63) is 70.3 Å². The predicted octanol–water partition coefficient (Wildman–Crippen LogP) is 5.10. The van der Waals surface area contributed by atoms with Gasteiger partial charge in [0.1, 0.15) is 11.6 Å². The molecule has 0 spiro atoms. The summed E-state index contributed by atoms with van der Waals surface area (Å²) < 4.78 is 27.3. The van der Waals surface area contributed by atoms with E-state index in [-0.39, 0.29) is 12.0 Å². The average Bonchev–Trinajstić information content (AvgIpc) is 2.34. The second-order valence-corrected chi connectivity index (χ2v) is 5.20. The molecule has 0 aliphatic carbocycles. The molecule has 0 saturated heterocycles.